The van der Waals surface area contributed by atoms with E-state index in [9.17, 15) is 18.4 Å². The second kappa shape index (κ2) is 10.9. The van der Waals surface area contributed by atoms with Crippen molar-refractivity contribution in [2.24, 2.45) is 0 Å². The minimum absolute atomic E-state index is 0.00314. The topological polar surface area (TPSA) is 97.9 Å². The molecule has 1 N–H and O–H groups in total. The quantitative estimate of drug-likeness (QED) is 0.336. The Morgan fingerprint density at radius 3 is 2.76 bits per heavy atom. The van der Waals surface area contributed by atoms with Crippen molar-refractivity contribution in [3.8, 4) is 11.8 Å². The molecule has 3 aromatic heterocycles. The molecule has 1 amide bonds. The molecule has 0 saturated carbocycles. The summed E-state index contributed by atoms with van der Waals surface area (Å²) < 4.78 is 30.2. The van der Waals surface area contributed by atoms with Crippen LogP contribution >= 0.6 is 0 Å². The van der Waals surface area contributed by atoms with Gasteiger partial charge in [-0.25, -0.2) is 18.7 Å². The lowest BCUT2D eigenvalue weighted by molar-refractivity contribution is 0.0956. The normalized spacial score (nSPS) is 15.2. The summed E-state index contributed by atoms with van der Waals surface area (Å²) in [6, 6.07) is 9.46. The van der Waals surface area contributed by atoms with E-state index in [2.05, 4.69) is 48.6 Å². The van der Waals surface area contributed by atoms with Crippen LogP contribution < -0.4 is 10.9 Å². The molecule has 206 valence electrons. The van der Waals surface area contributed by atoms with Gasteiger partial charge in [-0.1, -0.05) is 17.9 Å². The fraction of sp³-hybridized carbons (Fsp3) is 0.233. The average molecular weight is 554 g/mol. The third-order valence-corrected chi connectivity index (χ3v) is 7.21. The standard InChI is InChI=1S/C30H25F2N7O2/c1-37-10-8-21(16-37)39-18-36-27-14-35-26-7-5-19(11-22(26)28(27)39)3-2-9-34-29(40)23-13-33-17-38(30(23)41)15-20-4-6-24(31)25(32)12-20/h4-7,11-14,17-18,21H,8-10,15-16H2,1H3,(H,34,40)/t21-/m1/s1. The van der Waals surface area contributed by atoms with E-state index < -0.39 is 23.1 Å². The van der Waals surface area contributed by atoms with Gasteiger partial charge >= 0.3 is 0 Å². The number of rotatable bonds is 5. The molecule has 6 rings (SSSR count). The van der Waals surface area contributed by atoms with E-state index in [4.69, 9.17) is 0 Å². The van der Waals surface area contributed by atoms with Gasteiger partial charge in [0.1, 0.15) is 11.1 Å². The molecule has 0 radical (unpaired) electrons. The van der Waals surface area contributed by atoms with Crippen molar-refractivity contribution >= 4 is 27.8 Å². The van der Waals surface area contributed by atoms with Crippen molar-refractivity contribution in [1.29, 1.82) is 0 Å². The summed E-state index contributed by atoms with van der Waals surface area (Å²) in [7, 11) is 2.12. The first-order chi connectivity index (χ1) is 19.9. The largest absolute Gasteiger partial charge is 0.341 e. The highest BCUT2D eigenvalue weighted by molar-refractivity contribution is 6.02. The zero-order valence-electron chi connectivity index (χ0n) is 22.1. The number of hydrogen-bond donors (Lipinski definition) is 1. The van der Waals surface area contributed by atoms with Gasteiger partial charge in [-0.15, -0.1) is 0 Å². The van der Waals surface area contributed by atoms with Crippen LogP contribution in [0.2, 0.25) is 0 Å². The van der Waals surface area contributed by atoms with Crippen LogP contribution in [0.5, 0.6) is 0 Å². The maximum absolute atomic E-state index is 13.5. The van der Waals surface area contributed by atoms with Crippen LogP contribution in [0.25, 0.3) is 21.9 Å². The van der Waals surface area contributed by atoms with Gasteiger partial charge in [-0.3, -0.25) is 19.1 Å². The number of nitrogens with one attached hydrogen (secondary N) is 1. The van der Waals surface area contributed by atoms with Crippen molar-refractivity contribution in [3.63, 3.8) is 0 Å². The first-order valence-electron chi connectivity index (χ1n) is 13.1. The van der Waals surface area contributed by atoms with Crippen LogP contribution in [0.4, 0.5) is 8.78 Å². The van der Waals surface area contributed by atoms with Gasteiger partial charge in [0, 0.05) is 29.7 Å². The monoisotopic (exact) mass is 553 g/mol. The Hall–Kier alpha value is -4.95. The van der Waals surface area contributed by atoms with Gasteiger partial charge in [0.25, 0.3) is 11.5 Å². The number of likely N-dealkylation sites (N-methyl/N-ethyl adjacent to an activating group) is 1. The minimum atomic E-state index is -1.02. The summed E-state index contributed by atoms with van der Waals surface area (Å²) >= 11 is 0. The van der Waals surface area contributed by atoms with E-state index >= 15 is 0 Å². The molecule has 0 bridgehead atoms. The van der Waals surface area contributed by atoms with Crippen LogP contribution in [0, 0.1) is 23.5 Å². The Morgan fingerprint density at radius 1 is 1.07 bits per heavy atom. The number of likely N-dealkylation sites (tertiary alicyclic amines) is 1. The fourth-order valence-corrected chi connectivity index (χ4v) is 5.13. The van der Waals surface area contributed by atoms with Crippen molar-refractivity contribution in [2.75, 3.05) is 26.7 Å². The number of benzene rings is 2. The predicted octanol–water partition coefficient (Wildman–Crippen LogP) is 3.13. The molecule has 2 aromatic carbocycles. The number of imidazole rings is 1. The van der Waals surface area contributed by atoms with Gasteiger partial charge in [0.2, 0.25) is 0 Å². The van der Waals surface area contributed by atoms with Gasteiger partial charge in [-0.05, 0) is 55.9 Å². The molecule has 11 heteroatoms. The summed E-state index contributed by atoms with van der Waals surface area (Å²) in [5.41, 5.74) is 3.04. The molecule has 5 aromatic rings. The zero-order valence-corrected chi connectivity index (χ0v) is 22.1. The highest BCUT2D eigenvalue weighted by Gasteiger charge is 2.23. The van der Waals surface area contributed by atoms with Gasteiger partial charge in [-0.2, -0.15) is 0 Å². The molecule has 1 saturated heterocycles. The fourth-order valence-electron chi connectivity index (χ4n) is 5.13. The molecule has 1 aliphatic heterocycles. The zero-order chi connectivity index (χ0) is 28.5. The Kier molecular flexibility index (Phi) is 6.99. The lowest BCUT2D eigenvalue weighted by Gasteiger charge is -2.14. The van der Waals surface area contributed by atoms with Crippen LogP contribution in [-0.4, -0.2) is 61.6 Å². The number of fused-ring (bicyclic) bond motifs is 3. The minimum Gasteiger partial charge on any atom is -0.341 e. The Balaban J connectivity index is 1.18. The second-order valence-corrected chi connectivity index (χ2v) is 10.1. The van der Waals surface area contributed by atoms with Crippen LogP contribution in [-0.2, 0) is 6.54 Å². The van der Waals surface area contributed by atoms with E-state index in [1.165, 1.54) is 18.6 Å². The number of hydrogen-bond acceptors (Lipinski definition) is 6. The average Bonchev–Trinajstić information content (AvgIpc) is 3.60. The first-order valence-corrected chi connectivity index (χ1v) is 13.1. The molecule has 1 aliphatic rings. The van der Waals surface area contributed by atoms with Gasteiger partial charge in [0.05, 0.1) is 43.0 Å². The van der Waals surface area contributed by atoms with E-state index in [1.807, 2.05) is 24.5 Å². The number of pyridine rings is 1. The van der Waals surface area contributed by atoms with Crippen molar-refractivity contribution < 1.29 is 13.6 Å². The van der Waals surface area contributed by atoms with Crippen molar-refractivity contribution in [2.45, 2.75) is 19.0 Å². The number of carbonyl (C=O) groups excluding carboxylic acids is 1. The Morgan fingerprint density at radius 2 is 1.95 bits per heavy atom. The van der Waals surface area contributed by atoms with Gasteiger partial charge < -0.3 is 14.8 Å². The smallest absolute Gasteiger partial charge is 0.266 e. The predicted molar refractivity (Wildman–Crippen MR) is 149 cm³/mol. The maximum Gasteiger partial charge on any atom is 0.266 e. The number of aromatic nitrogens is 5. The van der Waals surface area contributed by atoms with Crippen LogP contribution in [0.15, 0.2) is 66.2 Å². The number of amides is 1. The summed E-state index contributed by atoms with van der Waals surface area (Å²) in [5.74, 6) is 3.37. The summed E-state index contributed by atoms with van der Waals surface area (Å²) in [6.45, 7) is 1.94. The third-order valence-electron chi connectivity index (χ3n) is 7.21. The van der Waals surface area contributed by atoms with E-state index in [0.717, 1.165) is 63.7 Å². The molecular weight excluding hydrogens is 528 g/mol. The summed E-state index contributed by atoms with van der Waals surface area (Å²) in [5, 5.41) is 3.58. The molecule has 4 heterocycles. The summed E-state index contributed by atoms with van der Waals surface area (Å²) in [6.07, 6.45) is 7.13. The van der Waals surface area contributed by atoms with Gasteiger partial charge in [0.15, 0.2) is 11.6 Å². The lowest BCUT2D eigenvalue weighted by Crippen LogP contribution is -2.33. The summed E-state index contributed by atoms with van der Waals surface area (Å²) in [4.78, 5) is 40.9. The van der Waals surface area contributed by atoms with Crippen molar-refractivity contribution in [1.82, 2.24) is 34.3 Å². The number of nitrogens with zero attached hydrogens (tertiary/aromatic N) is 6. The highest BCUT2D eigenvalue weighted by atomic mass is 19.2. The van der Waals surface area contributed by atoms with E-state index in [1.54, 1.807) is 6.20 Å². The first kappa shape index (κ1) is 26.3. The molecule has 1 atom stereocenters. The number of carbonyl (C=O) groups is 1. The van der Waals surface area contributed by atoms with E-state index in [0.29, 0.717) is 11.6 Å². The molecule has 0 aliphatic carbocycles. The van der Waals surface area contributed by atoms with Crippen LogP contribution in [0.3, 0.4) is 0 Å². The Labute approximate surface area is 233 Å². The number of halogens is 2. The molecular formula is C30H25F2N7O2. The Bertz CT molecular complexity index is 1920. The molecule has 41 heavy (non-hydrogen) atoms. The van der Waals surface area contributed by atoms with Crippen LogP contribution in [0.1, 0.15) is 33.9 Å². The highest BCUT2D eigenvalue weighted by Crippen LogP contribution is 2.29. The third kappa shape index (κ3) is 5.29. The van der Waals surface area contributed by atoms with E-state index in [-0.39, 0.29) is 18.7 Å². The SMILES string of the molecule is CN1CC[C@@H](n2cnc3cnc4ccc(C#CCNC(=O)c5cncn(Cc6ccc(F)c(F)c6)c5=O)cc4c32)C1. The lowest BCUT2D eigenvalue weighted by atomic mass is 10.1. The maximum atomic E-state index is 13.5. The molecule has 0 unspecified atom stereocenters. The molecule has 9 nitrogen and oxygen atoms in total. The molecule has 1 fully saturated rings. The second-order valence-electron chi connectivity index (χ2n) is 10.1. The molecule has 0 spiro atoms. The van der Waals surface area contributed by atoms with Crippen molar-refractivity contribution in [3.05, 3.63) is 100 Å².